The van der Waals surface area contributed by atoms with Gasteiger partial charge in [0.1, 0.15) is 37.6 Å². The van der Waals surface area contributed by atoms with Gasteiger partial charge in [0.05, 0.1) is 17.7 Å². The number of hydrogen-bond donors (Lipinski definition) is 11. The van der Waals surface area contributed by atoms with Crippen molar-refractivity contribution in [3.05, 3.63) is 99.4 Å². The Morgan fingerprint density at radius 1 is 0.873 bits per heavy atom. The summed E-state index contributed by atoms with van der Waals surface area (Å²) in [6.45, 7) is 1.88. The summed E-state index contributed by atoms with van der Waals surface area (Å²) in [6.07, 6.45) is 3.24. The number of aliphatic hydroxyl groups is 4. The summed E-state index contributed by atoms with van der Waals surface area (Å²) in [6, 6.07) is -0.692. The van der Waals surface area contributed by atoms with Gasteiger partial charge in [0.15, 0.2) is 58.8 Å². The third-order valence-corrected chi connectivity index (χ3v) is 8.70. The molecular formula is C38H43N6O19+. The summed E-state index contributed by atoms with van der Waals surface area (Å²) in [5.41, 5.74) is -2.26. The van der Waals surface area contributed by atoms with E-state index in [0.717, 1.165) is 52.8 Å². The van der Waals surface area contributed by atoms with Crippen molar-refractivity contribution >= 4 is 41.4 Å². The molecule has 2 heterocycles. The number of nitrogens with one attached hydrogen (secondary N) is 3. The number of phenolic OH excluding ortho intramolecular Hbond substituents is 4. The number of aliphatic hydroxyl groups excluding tert-OH is 4. The fourth-order valence-electron chi connectivity index (χ4n) is 5.64. The third-order valence-electron chi connectivity index (χ3n) is 8.70. The topological polar surface area (TPSA) is 380 Å². The molecule has 0 spiro atoms. The van der Waals surface area contributed by atoms with Crippen molar-refractivity contribution in [3.8, 4) is 28.7 Å². The van der Waals surface area contributed by atoms with Crippen molar-refractivity contribution in [2.75, 3.05) is 33.5 Å². The molecule has 0 bridgehead atoms. The number of aromatic nitrogens is 2. The lowest BCUT2D eigenvalue weighted by Gasteiger charge is -2.25. The first kappa shape index (κ1) is 49.2. The summed E-state index contributed by atoms with van der Waals surface area (Å²) in [7, 11) is 1.00. The molecule has 2 aromatic carbocycles. The Balaban J connectivity index is 0.00000520. The van der Waals surface area contributed by atoms with Crippen LogP contribution in [0.3, 0.4) is 0 Å². The first-order valence-electron chi connectivity index (χ1n) is 18.1. The van der Waals surface area contributed by atoms with Crippen LogP contribution in [0.2, 0.25) is 0 Å². The van der Waals surface area contributed by atoms with Crippen molar-refractivity contribution in [3.63, 3.8) is 0 Å². The highest BCUT2D eigenvalue weighted by molar-refractivity contribution is 6.03. The van der Waals surface area contributed by atoms with Crippen LogP contribution in [0.5, 0.6) is 23.0 Å². The first-order valence-corrected chi connectivity index (χ1v) is 18.1. The first-order chi connectivity index (χ1) is 29.8. The number of aromatic hydroxyl groups is 4. The lowest BCUT2D eigenvalue weighted by atomic mass is 10.1. The molecular weight excluding hydrogens is 844 g/mol. The van der Waals surface area contributed by atoms with Gasteiger partial charge in [-0.2, -0.15) is 9.13 Å². The molecule has 25 heteroatoms. The Morgan fingerprint density at radius 3 is 1.90 bits per heavy atom. The number of hydrogen-bond acceptors (Lipinski definition) is 19. The van der Waals surface area contributed by atoms with Crippen LogP contribution in [0.4, 0.5) is 5.82 Å². The summed E-state index contributed by atoms with van der Waals surface area (Å²) in [4.78, 5) is 91.8. The molecule has 1 aliphatic heterocycles. The van der Waals surface area contributed by atoms with E-state index in [2.05, 4.69) is 22.5 Å². The quantitative estimate of drug-likeness (QED) is 0.0118. The molecule has 3 atom stereocenters. The highest BCUT2D eigenvalue weighted by Crippen LogP contribution is 2.33. The molecule has 1 aromatic heterocycles. The van der Waals surface area contributed by atoms with Gasteiger partial charge in [0.25, 0.3) is 23.5 Å². The van der Waals surface area contributed by atoms with Gasteiger partial charge in [0.2, 0.25) is 0 Å². The van der Waals surface area contributed by atoms with E-state index in [9.17, 15) is 74.6 Å². The zero-order chi connectivity index (χ0) is 47.3. The highest BCUT2D eigenvalue weighted by Gasteiger charge is 2.37. The van der Waals surface area contributed by atoms with Gasteiger partial charge >= 0.3 is 23.7 Å². The van der Waals surface area contributed by atoms with Crippen LogP contribution in [-0.4, -0.2) is 138 Å². The molecule has 1 saturated heterocycles. The number of esters is 3. The van der Waals surface area contributed by atoms with Crippen molar-refractivity contribution < 1.29 is 93.3 Å². The Labute approximate surface area is 355 Å². The number of allylic oxidation sites excluding steroid dienone is 1. The van der Waals surface area contributed by atoms with Crippen molar-refractivity contribution in [1.29, 1.82) is 0 Å². The number of benzene rings is 2. The van der Waals surface area contributed by atoms with E-state index in [1.165, 1.54) is 26.0 Å². The summed E-state index contributed by atoms with van der Waals surface area (Å²) >= 11 is 0. The number of carbonyl (C=O) groups is 6. The third kappa shape index (κ3) is 11.6. The number of amides is 3. The molecule has 4 rings (SSSR count). The molecule has 0 radical (unpaired) electrons. The Bertz CT molecular complexity index is 2350. The van der Waals surface area contributed by atoms with Crippen LogP contribution in [0.25, 0.3) is 5.69 Å². The van der Waals surface area contributed by atoms with E-state index < -0.39 is 142 Å². The zero-order valence-corrected chi connectivity index (χ0v) is 33.5. The highest BCUT2D eigenvalue weighted by atomic mass is 16.6. The summed E-state index contributed by atoms with van der Waals surface area (Å²) in [5.74, 6) is -14.2. The minimum Gasteiger partial charge on any atom is -0.505 e. The Hall–Kier alpha value is -8.19. The van der Waals surface area contributed by atoms with E-state index in [1.54, 1.807) is 0 Å². The predicted molar refractivity (Wildman–Crippen MR) is 209 cm³/mol. The lowest BCUT2D eigenvalue weighted by molar-refractivity contribution is -0.604. The van der Waals surface area contributed by atoms with E-state index in [1.807, 2.05) is 0 Å². The summed E-state index contributed by atoms with van der Waals surface area (Å²) < 4.78 is 17.7. The van der Waals surface area contributed by atoms with Crippen molar-refractivity contribution in [1.82, 2.24) is 20.5 Å². The predicted octanol–water partition coefficient (Wildman–Crippen LogP) is -1.11. The van der Waals surface area contributed by atoms with Crippen LogP contribution in [0.15, 0.2) is 72.4 Å². The average Bonchev–Trinajstić information content (AvgIpc) is 3.58. The van der Waals surface area contributed by atoms with Crippen LogP contribution < -0.4 is 20.5 Å². The maximum absolute atomic E-state index is 14.0. The van der Waals surface area contributed by atoms with Gasteiger partial charge in [-0.05, 0) is 42.2 Å². The van der Waals surface area contributed by atoms with E-state index in [4.69, 9.17) is 19.3 Å². The average molecular weight is 888 g/mol. The van der Waals surface area contributed by atoms with E-state index in [-0.39, 0.29) is 18.1 Å². The monoisotopic (exact) mass is 887 g/mol. The molecule has 1 fully saturated rings. The fraction of sp³-hybridized carbons (Fsp3) is 0.289. The second-order valence-corrected chi connectivity index (χ2v) is 12.7. The Morgan fingerprint density at radius 2 is 1.40 bits per heavy atom. The molecule has 0 saturated carbocycles. The largest absolute Gasteiger partial charge is 0.505 e. The number of ether oxygens (including phenoxy) is 3. The number of nitrogens with zero attached hydrogens (tertiary/aromatic N) is 3. The van der Waals surface area contributed by atoms with Crippen LogP contribution in [0, 0.1) is 17.0 Å². The van der Waals surface area contributed by atoms with Gasteiger partial charge in [-0.1, -0.05) is 18.7 Å². The summed E-state index contributed by atoms with van der Waals surface area (Å²) in [5, 5.41) is 96.0. The minimum absolute atomic E-state index is 0.0513. The molecule has 25 nitrogen and oxygen atoms in total. The van der Waals surface area contributed by atoms with Gasteiger partial charge in [-0.25, -0.2) is 14.4 Å². The number of imidazole rings is 1. The maximum Gasteiger partial charge on any atom is 0.365 e. The number of nitro groups is 1. The second kappa shape index (κ2) is 21.9. The van der Waals surface area contributed by atoms with Crippen molar-refractivity contribution in [2.45, 2.75) is 38.5 Å². The molecule has 11 N–H and O–H groups in total. The minimum atomic E-state index is -2.07. The molecule has 3 amide bonds. The molecule has 3 unspecified atom stereocenters. The van der Waals surface area contributed by atoms with E-state index >= 15 is 0 Å². The molecule has 63 heavy (non-hydrogen) atoms. The van der Waals surface area contributed by atoms with Gasteiger partial charge in [-0.3, -0.25) is 14.4 Å². The molecule has 1 aliphatic rings. The number of rotatable bonds is 12. The van der Waals surface area contributed by atoms with Gasteiger partial charge < -0.3 is 81.1 Å². The molecule has 3 aromatic rings. The standard InChI is InChI=1S/C37H38N6O18.CH4O/c1-4-6-19(29(48)17(2)45)32(51)38-21-14-59-36(55)22(39-33(52)20-7-5-8-25(46)30(20)49)15-60-37(56)23(16-61-35(21)54)40-34(53)28-24(9-10-26(47)31(28)50)42-13-27(43(57)58)41(11-12-44)18(42)3;1-2/h4-10,13,21-23,44H,2,11-12,14-16H2,1,3H3,(H8-,38,39,40,45,46,47,48,49,50,51,52,53);2H,1H3/p+1/b6-4-;. The van der Waals surface area contributed by atoms with Crippen LogP contribution in [0.1, 0.15) is 33.5 Å². The van der Waals surface area contributed by atoms with Crippen molar-refractivity contribution in [2.24, 2.45) is 0 Å². The fourth-order valence-corrected chi connectivity index (χ4v) is 5.64. The van der Waals surface area contributed by atoms with Crippen LogP contribution in [-0.2, 0) is 39.9 Å². The maximum atomic E-state index is 14.0. The normalized spacial score (nSPS) is 17.2. The molecule has 338 valence electrons. The molecule has 0 aliphatic carbocycles. The zero-order valence-electron chi connectivity index (χ0n) is 33.5. The van der Waals surface area contributed by atoms with Crippen LogP contribution >= 0.6 is 0 Å². The van der Waals surface area contributed by atoms with E-state index in [0.29, 0.717) is 0 Å². The number of cyclic esters (lactones) is 3. The SMILES string of the molecule is C=C(O)/C(O)=C(\C=C/C)C(=O)NC1COC(=O)C(NC(=O)c2cccc(O)c2O)COC(=O)C(NC(=O)c2c(-[n+]3cc([N+](=O)[O-])n(CCO)c3C)ccc(O)c2O)COC1=O.CO. The number of phenols is 4. The van der Waals surface area contributed by atoms with Gasteiger partial charge in [-0.15, -0.1) is 0 Å². The van der Waals surface area contributed by atoms with Gasteiger partial charge in [0, 0.05) is 14.0 Å². The Kier molecular flexibility index (Phi) is 17.1. The number of carbonyl (C=O) groups excluding carboxylic acids is 6. The lowest BCUT2D eigenvalue weighted by Crippen LogP contribution is -2.53. The smallest absolute Gasteiger partial charge is 0.365 e. The second-order valence-electron chi connectivity index (χ2n) is 12.7. The number of para-hydroxylation sites is 1.